The summed E-state index contributed by atoms with van der Waals surface area (Å²) in [5.74, 6) is 4.12. The van der Waals surface area contributed by atoms with Crippen molar-refractivity contribution in [1.82, 2.24) is 9.97 Å². The van der Waals surface area contributed by atoms with Crippen LogP contribution in [0.1, 0.15) is 21.6 Å². The van der Waals surface area contributed by atoms with Crippen molar-refractivity contribution in [1.29, 1.82) is 0 Å². The van der Waals surface area contributed by atoms with Crippen LogP contribution in [0.3, 0.4) is 0 Å². The molecule has 0 saturated heterocycles. The lowest BCUT2D eigenvalue weighted by Gasteiger charge is -2.13. The third-order valence-electron chi connectivity index (χ3n) is 4.75. The monoisotopic (exact) mass is 477 g/mol. The van der Waals surface area contributed by atoms with Crippen LogP contribution in [0.25, 0.3) is 10.9 Å². The fraction of sp³-hybridized carbons (Fsp3) is 0.0417. The Hall–Kier alpha value is -4.49. The lowest BCUT2D eigenvalue weighted by Crippen LogP contribution is -2.15. The second kappa shape index (κ2) is 9.17. The molecule has 34 heavy (non-hydrogen) atoms. The van der Waals surface area contributed by atoms with Gasteiger partial charge in [-0.25, -0.2) is 22.6 Å². The van der Waals surface area contributed by atoms with E-state index in [1.807, 2.05) is 0 Å². The quantitative estimate of drug-likeness (QED) is 0.421. The third-order valence-corrected chi connectivity index (χ3v) is 6.15. The fourth-order valence-electron chi connectivity index (χ4n) is 3.16. The Morgan fingerprint density at radius 3 is 2.62 bits per heavy atom. The molecule has 4 rings (SSSR count). The Labute approximate surface area is 194 Å². The van der Waals surface area contributed by atoms with Gasteiger partial charge in [0, 0.05) is 23.3 Å². The van der Waals surface area contributed by atoms with E-state index in [1.165, 1.54) is 49.8 Å². The number of methoxy groups -OCH3 is 1. The molecule has 2 aromatic heterocycles. The predicted molar refractivity (Wildman–Crippen MR) is 123 cm³/mol. The van der Waals surface area contributed by atoms with Gasteiger partial charge in [-0.15, -0.1) is 0 Å². The molecule has 0 atom stereocenters. The zero-order chi connectivity index (χ0) is 24.3. The molecule has 0 saturated carbocycles. The summed E-state index contributed by atoms with van der Waals surface area (Å²) in [5.41, 5.74) is 0.577. The van der Waals surface area contributed by atoms with Crippen LogP contribution in [-0.4, -0.2) is 36.6 Å². The molecule has 2 heterocycles. The highest BCUT2D eigenvalue weighted by Gasteiger charge is 2.21. The van der Waals surface area contributed by atoms with Crippen LogP contribution in [0.2, 0.25) is 0 Å². The molecule has 0 fully saturated rings. The minimum atomic E-state index is -4.13. The van der Waals surface area contributed by atoms with Crippen LogP contribution in [0.15, 0.2) is 71.9 Å². The predicted octanol–water partition coefficient (Wildman–Crippen LogP) is 3.68. The highest BCUT2D eigenvalue weighted by molar-refractivity contribution is 7.93. The van der Waals surface area contributed by atoms with E-state index < -0.39 is 21.8 Å². The Kier molecular flexibility index (Phi) is 6.12. The third kappa shape index (κ3) is 4.65. The standard InChI is InChI=1S/C24H16FN3O5S/c1-33-21-10-11-22(23-18(21)3-2-12-26-23)34(31,32)28-19-9-7-17(25)13-16(19)6-4-15-5-8-20(24(29)30)27-14-15/h2-3,5,7-14,28H,1H3,(H,29,30). The Morgan fingerprint density at radius 1 is 1.09 bits per heavy atom. The zero-order valence-corrected chi connectivity index (χ0v) is 18.4. The van der Waals surface area contributed by atoms with Crippen LogP contribution in [0.5, 0.6) is 5.75 Å². The molecule has 0 aliphatic heterocycles. The lowest BCUT2D eigenvalue weighted by molar-refractivity contribution is 0.0690. The maximum Gasteiger partial charge on any atom is 0.354 e. The van der Waals surface area contributed by atoms with Gasteiger partial charge in [-0.1, -0.05) is 11.8 Å². The topological polar surface area (TPSA) is 118 Å². The number of ether oxygens (including phenoxy) is 1. The number of hydrogen-bond donors (Lipinski definition) is 2. The maximum absolute atomic E-state index is 13.9. The molecule has 0 bridgehead atoms. The molecule has 0 aliphatic rings. The number of carboxylic acids is 1. The summed E-state index contributed by atoms with van der Waals surface area (Å²) in [4.78, 5) is 18.8. The maximum atomic E-state index is 13.9. The number of fused-ring (bicyclic) bond motifs is 1. The van der Waals surface area contributed by atoms with E-state index in [0.29, 0.717) is 16.7 Å². The number of sulfonamides is 1. The molecule has 0 radical (unpaired) electrons. The Bertz CT molecular complexity index is 1580. The Balaban J connectivity index is 1.72. The van der Waals surface area contributed by atoms with E-state index in [-0.39, 0.29) is 27.4 Å². The van der Waals surface area contributed by atoms with Gasteiger partial charge in [-0.05, 0) is 54.6 Å². The van der Waals surface area contributed by atoms with Crippen LogP contribution < -0.4 is 9.46 Å². The van der Waals surface area contributed by atoms with Crippen LogP contribution in [0, 0.1) is 17.7 Å². The molecule has 0 amide bonds. The van der Waals surface area contributed by atoms with E-state index in [4.69, 9.17) is 9.84 Å². The zero-order valence-electron chi connectivity index (χ0n) is 17.6. The SMILES string of the molecule is COc1ccc(S(=O)(=O)Nc2ccc(F)cc2C#Cc2ccc(C(=O)O)nc2)c2ncccc12. The molecule has 4 aromatic rings. The number of aromatic nitrogens is 2. The molecule has 10 heteroatoms. The first-order chi connectivity index (χ1) is 16.3. The number of rotatable bonds is 5. The van der Waals surface area contributed by atoms with Crippen LogP contribution >= 0.6 is 0 Å². The van der Waals surface area contributed by atoms with E-state index >= 15 is 0 Å². The van der Waals surface area contributed by atoms with Gasteiger partial charge in [-0.2, -0.15) is 0 Å². The highest BCUT2D eigenvalue weighted by atomic mass is 32.2. The average molecular weight is 477 g/mol. The number of aromatic carboxylic acids is 1. The second-order valence-corrected chi connectivity index (χ2v) is 8.60. The van der Waals surface area contributed by atoms with Gasteiger partial charge < -0.3 is 9.84 Å². The first-order valence-electron chi connectivity index (χ1n) is 9.74. The molecule has 0 unspecified atom stereocenters. The first kappa shape index (κ1) is 22.7. The van der Waals surface area contributed by atoms with Crippen molar-refractivity contribution < 1.29 is 27.4 Å². The lowest BCUT2D eigenvalue weighted by atomic mass is 10.1. The summed E-state index contributed by atoms with van der Waals surface area (Å²) in [6.45, 7) is 0. The van der Waals surface area contributed by atoms with Crippen molar-refractivity contribution in [3.63, 3.8) is 0 Å². The summed E-state index contributed by atoms with van der Waals surface area (Å²) in [5, 5.41) is 9.45. The molecule has 0 spiro atoms. The first-order valence-corrected chi connectivity index (χ1v) is 11.2. The molecule has 2 aromatic carbocycles. The van der Waals surface area contributed by atoms with Gasteiger partial charge in [0.05, 0.1) is 23.9 Å². The van der Waals surface area contributed by atoms with Gasteiger partial charge in [0.1, 0.15) is 22.2 Å². The summed E-state index contributed by atoms with van der Waals surface area (Å²) in [6.07, 6.45) is 2.73. The smallest absolute Gasteiger partial charge is 0.354 e. The molecule has 8 nitrogen and oxygen atoms in total. The summed E-state index contributed by atoms with van der Waals surface area (Å²) >= 11 is 0. The van der Waals surface area contributed by atoms with Crippen LogP contribution in [0.4, 0.5) is 10.1 Å². The van der Waals surface area contributed by atoms with E-state index in [1.54, 1.807) is 12.1 Å². The number of pyridine rings is 2. The van der Waals surface area contributed by atoms with Gasteiger partial charge in [-0.3, -0.25) is 9.71 Å². The molecule has 2 N–H and O–H groups in total. The van der Waals surface area contributed by atoms with Crippen molar-refractivity contribution in [2.45, 2.75) is 4.90 Å². The molecular formula is C24H16FN3O5S. The van der Waals surface area contributed by atoms with Crippen molar-refractivity contribution in [3.05, 3.63) is 89.6 Å². The largest absolute Gasteiger partial charge is 0.496 e. The number of nitrogens with one attached hydrogen (secondary N) is 1. The minimum Gasteiger partial charge on any atom is -0.496 e. The second-order valence-electron chi connectivity index (χ2n) is 6.95. The van der Waals surface area contributed by atoms with Gasteiger partial charge >= 0.3 is 5.97 Å². The van der Waals surface area contributed by atoms with Gasteiger partial charge in [0.15, 0.2) is 0 Å². The number of benzene rings is 2. The number of hydrogen-bond acceptors (Lipinski definition) is 6. The molecule has 170 valence electrons. The summed E-state index contributed by atoms with van der Waals surface area (Å²) in [7, 11) is -2.66. The van der Waals surface area contributed by atoms with Crippen molar-refractivity contribution >= 4 is 32.6 Å². The van der Waals surface area contributed by atoms with E-state index in [9.17, 15) is 17.6 Å². The summed E-state index contributed by atoms with van der Waals surface area (Å²) in [6, 6.07) is 12.5. The number of carboxylic acid groups (broad SMARTS) is 1. The minimum absolute atomic E-state index is 0.0592. The van der Waals surface area contributed by atoms with E-state index in [2.05, 4.69) is 26.5 Å². The number of anilines is 1. The summed E-state index contributed by atoms with van der Waals surface area (Å²) < 4.78 is 48.1. The van der Waals surface area contributed by atoms with Gasteiger partial charge in [0.25, 0.3) is 10.0 Å². The van der Waals surface area contributed by atoms with Crippen molar-refractivity contribution in [2.24, 2.45) is 0 Å². The Morgan fingerprint density at radius 2 is 1.91 bits per heavy atom. The number of carbonyl (C=O) groups is 1. The van der Waals surface area contributed by atoms with Crippen molar-refractivity contribution in [3.8, 4) is 17.6 Å². The average Bonchev–Trinajstić information content (AvgIpc) is 2.83. The normalized spacial score (nSPS) is 10.9. The number of nitrogens with zero attached hydrogens (tertiary/aromatic N) is 2. The van der Waals surface area contributed by atoms with Crippen molar-refractivity contribution in [2.75, 3.05) is 11.8 Å². The van der Waals surface area contributed by atoms with Gasteiger partial charge in [0.2, 0.25) is 0 Å². The molecular weight excluding hydrogens is 461 g/mol. The van der Waals surface area contributed by atoms with Crippen LogP contribution in [-0.2, 0) is 10.0 Å². The highest BCUT2D eigenvalue weighted by Crippen LogP contribution is 2.31. The number of halogens is 1. The van der Waals surface area contributed by atoms with E-state index in [0.717, 1.165) is 12.1 Å². The molecule has 0 aliphatic carbocycles. The fourth-order valence-corrected chi connectivity index (χ4v) is 4.40.